The molecule has 19 heavy (non-hydrogen) atoms. The van der Waals surface area contributed by atoms with Crippen molar-refractivity contribution in [1.29, 1.82) is 0 Å². The summed E-state index contributed by atoms with van der Waals surface area (Å²) in [6, 6.07) is 3.25. The molecule has 6 nitrogen and oxygen atoms in total. The number of rotatable bonds is 6. The zero-order valence-corrected chi connectivity index (χ0v) is 9.89. The molecule has 1 atom stereocenters. The van der Waals surface area contributed by atoms with Gasteiger partial charge in [-0.2, -0.15) is 0 Å². The van der Waals surface area contributed by atoms with E-state index < -0.39 is 29.6 Å². The smallest absolute Gasteiger partial charge is 0.251 e. The molecule has 0 saturated heterocycles. The highest BCUT2D eigenvalue weighted by Crippen LogP contribution is 2.04. The third-order valence-electron chi connectivity index (χ3n) is 2.38. The maximum absolute atomic E-state index is 12.7. The Morgan fingerprint density at radius 2 is 1.84 bits per heavy atom. The highest BCUT2D eigenvalue weighted by atomic mass is 19.1. The molecular formula is C12H12FN2O4-. The first-order valence-corrected chi connectivity index (χ1v) is 5.45. The molecule has 1 rings (SSSR count). The molecule has 102 valence electrons. The molecule has 0 saturated carbocycles. The summed E-state index contributed by atoms with van der Waals surface area (Å²) in [7, 11) is 0. The van der Waals surface area contributed by atoms with Crippen molar-refractivity contribution in [2.24, 2.45) is 5.73 Å². The Morgan fingerprint density at radius 1 is 1.26 bits per heavy atom. The molecule has 0 aromatic heterocycles. The van der Waals surface area contributed by atoms with Gasteiger partial charge in [0.15, 0.2) is 0 Å². The Morgan fingerprint density at radius 3 is 2.32 bits per heavy atom. The predicted molar refractivity (Wildman–Crippen MR) is 61.1 cm³/mol. The van der Waals surface area contributed by atoms with Crippen molar-refractivity contribution in [1.82, 2.24) is 5.32 Å². The molecule has 0 heterocycles. The molecule has 0 aliphatic heterocycles. The lowest BCUT2D eigenvalue weighted by molar-refractivity contribution is -0.308. The number of benzene rings is 1. The molecule has 3 N–H and O–H groups in total. The van der Waals surface area contributed by atoms with Crippen LogP contribution in [0.5, 0.6) is 0 Å². The fraction of sp³-hybridized carbons (Fsp3) is 0.250. The van der Waals surface area contributed by atoms with Crippen LogP contribution in [-0.4, -0.2) is 23.8 Å². The number of carboxylic acids is 1. The second kappa shape index (κ2) is 6.48. The van der Waals surface area contributed by atoms with E-state index in [1.54, 1.807) is 0 Å². The van der Waals surface area contributed by atoms with Crippen LogP contribution in [0.3, 0.4) is 0 Å². The predicted octanol–water partition coefficient (Wildman–Crippen LogP) is -1.06. The summed E-state index contributed by atoms with van der Waals surface area (Å²) in [6.07, 6.45) is -0.354. The van der Waals surface area contributed by atoms with Crippen LogP contribution in [0.4, 0.5) is 4.39 Å². The number of primary amides is 1. The Bertz CT molecular complexity index is 487. The minimum atomic E-state index is -1.52. The number of hydrogen-bond donors (Lipinski definition) is 2. The minimum absolute atomic E-state index is 0.103. The molecule has 0 unspecified atom stereocenters. The molecule has 0 radical (unpaired) electrons. The first kappa shape index (κ1) is 14.6. The van der Waals surface area contributed by atoms with Gasteiger partial charge in [-0.1, -0.05) is 0 Å². The number of carbonyl (C=O) groups excluding carboxylic acids is 3. The van der Waals surface area contributed by atoms with E-state index >= 15 is 0 Å². The Kier molecular flexibility index (Phi) is 4.99. The van der Waals surface area contributed by atoms with Crippen LogP contribution in [0.15, 0.2) is 24.3 Å². The first-order valence-electron chi connectivity index (χ1n) is 5.45. The molecule has 7 heteroatoms. The van der Waals surface area contributed by atoms with Crippen LogP contribution >= 0.6 is 0 Å². The van der Waals surface area contributed by atoms with Crippen molar-refractivity contribution < 1.29 is 23.9 Å². The van der Waals surface area contributed by atoms with Crippen LogP contribution < -0.4 is 16.2 Å². The fourth-order valence-electron chi connectivity index (χ4n) is 1.38. The Balaban J connectivity index is 2.68. The van der Waals surface area contributed by atoms with E-state index in [9.17, 15) is 23.9 Å². The minimum Gasteiger partial charge on any atom is -0.548 e. The SMILES string of the molecule is NC(=O)CC[C@H](NC(=O)c1ccc(F)cc1)C(=O)[O-]. The summed E-state index contributed by atoms with van der Waals surface area (Å²) in [4.78, 5) is 33.0. The molecule has 0 fully saturated rings. The molecule has 1 aromatic rings. The average Bonchev–Trinajstić information content (AvgIpc) is 2.34. The summed E-state index contributed by atoms with van der Waals surface area (Å²) in [5.41, 5.74) is 5.00. The van der Waals surface area contributed by atoms with Crippen LogP contribution in [0.25, 0.3) is 0 Å². The number of nitrogens with one attached hydrogen (secondary N) is 1. The largest absolute Gasteiger partial charge is 0.548 e. The average molecular weight is 267 g/mol. The summed E-state index contributed by atoms with van der Waals surface area (Å²) in [5, 5.41) is 13.0. The summed E-state index contributed by atoms with van der Waals surface area (Å²) < 4.78 is 12.7. The van der Waals surface area contributed by atoms with Crippen LogP contribution in [0, 0.1) is 5.82 Å². The van der Waals surface area contributed by atoms with Gasteiger partial charge in [0.25, 0.3) is 5.91 Å². The molecule has 0 aliphatic rings. The number of nitrogens with two attached hydrogens (primary N) is 1. The second-order valence-corrected chi connectivity index (χ2v) is 3.86. The van der Waals surface area contributed by atoms with Crippen molar-refractivity contribution in [2.75, 3.05) is 0 Å². The topological polar surface area (TPSA) is 112 Å². The van der Waals surface area contributed by atoms with Gasteiger partial charge in [-0.3, -0.25) is 9.59 Å². The summed E-state index contributed by atoms with van der Waals surface area (Å²) in [6.45, 7) is 0. The van der Waals surface area contributed by atoms with E-state index in [1.165, 1.54) is 12.1 Å². The quantitative estimate of drug-likeness (QED) is 0.684. The van der Waals surface area contributed by atoms with E-state index in [4.69, 9.17) is 5.73 Å². The van der Waals surface area contributed by atoms with Crippen molar-refractivity contribution in [3.8, 4) is 0 Å². The number of carboxylic acid groups (broad SMARTS) is 1. The molecule has 0 spiro atoms. The monoisotopic (exact) mass is 267 g/mol. The number of aliphatic carboxylic acids is 1. The van der Waals surface area contributed by atoms with E-state index in [1.807, 2.05) is 0 Å². The van der Waals surface area contributed by atoms with E-state index in [0.29, 0.717) is 0 Å². The Labute approximate surface area is 108 Å². The molecule has 1 aromatic carbocycles. The van der Waals surface area contributed by atoms with Crippen molar-refractivity contribution in [2.45, 2.75) is 18.9 Å². The van der Waals surface area contributed by atoms with Gasteiger partial charge in [-0.05, 0) is 30.7 Å². The van der Waals surface area contributed by atoms with Gasteiger partial charge < -0.3 is 21.0 Å². The van der Waals surface area contributed by atoms with Gasteiger partial charge in [0, 0.05) is 12.0 Å². The van der Waals surface area contributed by atoms with Crippen LogP contribution in [0.2, 0.25) is 0 Å². The highest BCUT2D eigenvalue weighted by molar-refractivity contribution is 5.96. The summed E-state index contributed by atoms with van der Waals surface area (Å²) >= 11 is 0. The maximum atomic E-state index is 12.7. The lowest BCUT2D eigenvalue weighted by Gasteiger charge is -2.19. The van der Waals surface area contributed by atoms with Gasteiger partial charge in [0.1, 0.15) is 5.82 Å². The third kappa shape index (κ3) is 4.74. The normalized spacial score (nSPS) is 11.6. The van der Waals surface area contributed by atoms with Crippen LogP contribution in [-0.2, 0) is 9.59 Å². The van der Waals surface area contributed by atoms with Gasteiger partial charge in [-0.25, -0.2) is 4.39 Å². The van der Waals surface area contributed by atoms with Crippen LogP contribution in [0.1, 0.15) is 23.2 Å². The zero-order valence-electron chi connectivity index (χ0n) is 9.89. The van der Waals surface area contributed by atoms with E-state index in [-0.39, 0.29) is 18.4 Å². The number of halogens is 1. The molecular weight excluding hydrogens is 255 g/mol. The standard InChI is InChI=1S/C12H13FN2O4/c13-8-3-1-7(2-4-8)11(17)15-9(12(18)19)5-6-10(14)16/h1-4,9H,5-6H2,(H2,14,16)(H,15,17)(H,18,19)/p-1/t9-/m0/s1. The molecule has 2 amide bonds. The van der Waals surface area contributed by atoms with Crippen molar-refractivity contribution in [3.05, 3.63) is 35.6 Å². The lowest BCUT2D eigenvalue weighted by Crippen LogP contribution is -2.48. The fourth-order valence-corrected chi connectivity index (χ4v) is 1.38. The zero-order chi connectivity index (χ0) is 14.4. The van der Waals surface area contributed by atoms with E-state index in [0.717, 1.165) is 12.1 Å². The maximum Gasteiger partial charge on any atom is 0.251 e. The van der Waals surface area contributed by atoms with Gasteiger partial charge in [0.05, 0.1) is 12.0 Å². The third-order valence-corrected chi connectivity index (χ3v) is 2.38. The molecule has 0 aliphatic carbocycles. The van der Waals surface area contributed by atoms with Crippen molar-refractivity contribution >= 4 is 17.8 Å². The summed E-state index contributed by atoms with van der Waals surface area (Å²) in [5.74, 6) is -3.40. The van der Waals surface area contributed by atoms with E-state index in [2.05, 4.69) is 5.32 Å². The number of amides is 2. The lowest BCUT2D eigenvalue weighted by atomic mass is 10.1. The first-order chi connectivity index (χ1) is 8.90. The highest BCUT2D eigenvalue weighted by Gasteiger charge is 2.15. The molecule has 0 bridgehead atoms. The number of carbonyl (C=O) groups is 3. The Hall–Kier alpha value is -2.44. The second-order valence-electron chi connectivity index (χ2n) is 3.86. The van der Waals surface area contributed by atoms with Gasteiger partial charge in [-0.15, -0.1) is 0 Å². The van der Waals surface area contributed by atoms with Gasteiger partial charge >= 0.3 is 0 Å². The van der Waals surface area contributed by atoms with Crippen molar-refractivity contribution in [3.63, 3.8) is 0 Å². The van der Waals surface area contributed by atoms with Gasteiger partial charge in [0.2, 0.25) is 5.91 Å². The number of hydrogen-bond acceptors (Lipinski definition) is 4.